The molecule has 2 aliphatic rings. The summed E-state index contributed by atoms with van der Waals surface area (Å²) in [4.78, 5) is 12.5. The Morgan fingerprint density at radius 3 is 1.62 bits per heavy atom. The Morgan fingerprint density at radius 1 is 0.649 bits per heavy atom. The Morgan fingerprint density at radius 2 is 1.14 bits per heavy atom. The first-order valence-corrected chi connectivity index (χ1v) is 14.2. The van der Waals surface area contributed by atoms with Gasteiger partial charge in [0, 0.05) is 30.0 Å². The molecule has 4 nitrogen and oxygen atoms in total. The van der Waals surface area contributed by atoms with E-state index in [2.05, 4.69) is 83.4 Å². The highest BCUT2D eigenvalue weighted by Gasteiger charge is 2.27. The summed E-state index contributed by atoms with van der Waals surface area (Å²) < 4.78 is 0. The molecule has 0 bridgehead atoms. The third-order valence-corrected chi connectivity index (χ3v) is 8.68. The third-order valence-electron chi connectivity index (χ3n) is 8.68. The fraction of sp³-hybridized carbons (Fsp3) is 0.424. The molecule has 0 atom stereocenters. The van der Waals surface area contributed by atoms with Crippen LogP contribution >= 0.6 is 0 Å². The average Bonchev–Trinajstić information content (AvgIpc) is 2.96. The van der Waals surface area contributed by atoms with E-state index < -0.39 is 0 Å². The van der Waals surface area contributed by atoms with Gasteiger partial charge in [-0.2, -0.15) is 0 Å². The lowest BCUT2D eigenvalue weighted by Gasteiger charge is -2.31. The number of rotatable bonds is 9. The maximum Gasteiger partial charge on any atom is 0.248 e. The van der Waals surface area contributed by atoms with Crippen LogP contribution in [0.1, 0.15) is 84.7 Å². The lowest BCUT2D eigenvalue weighted by atomic mass is 9.75. The standard InChI is InChI=1S/C33H41N3O/c34-33(37)32-21-28(26-15-11-24(12-16-26)22-35-29-7-3-1-4-8-29)19-20-31(32)27-17-13-25(14-18-27)23-36-30-9-5-2-6-10-30/h1-10,19-21,24-27,35-36H,11-18,22-23H2,(H2,34,37). The van der Waals surface area contributed by atoms with E-state index in [1.54, 1.807) is 0 Å². The molecule has 0 aromatic heterocycles. The lowest BCUT2D eigenvalue weighted by Crippen LogP contribution is -2.23. The summed E-state index contributed by atoms with van der Waals surface area (Å²) in [7, 11) is 0. The van der Waals surface area contributed by atoms with Gasteiger partial charge in [-0.05, 0) is 116 Å². The largest absolute Gasteiger partial charge is 0.385 e. The van der Waals surface area contributed by atoms with Crippen LogP contribution in [0.25, 0.3) is 0 Å². The number of carbonyl (C=O) groups is 1. The first kappa shape index (κ1) is 25.4. The van der Waals surface area contributed by atoms with Crippen molar-refractivity contribution in [3.8, 4) is 0 Å². The number of hydrogen-bond acceptors (Lipinski definition) is 3. The van der Waals surface area contributed by atoms with Crippen LogP contribution in [0.4, 0.5) is 11.4 Å². The molecule has 3 aromatic rings. The van der Waals surface area contributed by atoms with Crippen LogP contribution < -0.4 is 16.4 Å². The minimum absolute atomic E-state index is 0.273. The molecule has 37 heavy (non-hydrogen) atoms. The van der Waals surface area contributed by atoms with Crippen molar-refractivity contribution in [1.29, 1.82) is 0 Å². The number of benzene rings is 3. The zero-order valence-electron chi connectivity index (χ0n) is 21.9. The second-order valence-electron chi connectivity index (χ2n) is 11.1. The van der Waals surface area contributed by atoms with Crippen molar-refractivity contribution < 1.29 is 4.79 Å². The number of nitrogens with one attached hydrogen (secondary N) is 2. The van der Waals surface area contributed by atoms with E-state index in [4.69, 9.17) is 5.73 Å². The highest BCUT2D eigenvalue weighted by molar-refractivity contribution is 5.94. The van der Waals surface area contributed by atoms with Crippen molar-refractivity contribution in [1.82, 2.24) is 0 Å². The highest BCUT2D eigenvalue weighted by Crippen LogP contribution is 2.40. The number of carbonyl (C=O) groups excluding carboxylic acids is 1. The minimum atomic E-state index is -0.273. The van der Waals surface area contributed by atoms with E-state index in [0.717, 1.165) is 31.5 Å². The fourth-order valence-electron chi connectivity index (χ4n) is 6.41. The molecule has 3 aromatic carbocycles. The van der Waals surface area contributed by atoms with E-state index in [1.807, 2.05) is 6.07 Å². The van der Waals surface area contributed by atoms with Gasteiger partial charge in [0.05, 0.1) is 0 Å². The van der Waals surface area contributed by atoms with Crippen LogP contribution in [-0.4, -0.2) is 19.0 Å². The van der Waals surface area contributed by atoms with Crippen LogP contribution in [0.2, 0.25) is 0 Å². The molecule has 0 spiro atoms. The number of primary amides is 1. The van der Waals surface area contributed by atoms with Gasteiger partial charge >= 0.3 is 0 Å². The van der Waals surface area contributed by atoms with Gasteiger partial charge < -0.3 is 16.4 Å². The van der Waals surface area contributed by atoms with E-state index in [1.165, 1.54) is 61.0 Å². The predicted octanol–water partition coefficient (Wildman–Crippen LogP) is 7.56. The number of para-hydroxylation sites is 2. The molecule has 0 unspecified atom stereocenters. The molecule has 5 rings (SSSR count). The van der Waals surface area contributed by atoms with Crippen molar-refractivity contribution in [3.63, 3.8) is 0 Å². The average molecular weight is 496 g/mol. The smallest absolute Gasteiger partial charge is 0.248 e. The van der Waals surface area contributed by atoms with Gasteiger partial charge in [0.2, 0.25) is 5.91 Å². The SMILES string of the molecule is NC(=O)c1cc(C2CCC(CNc3ccccc3)CC2)ccc1C1CCC(CNc2ccccc2)CC1. The van der Waals surface area contributed by atoms with Gasteiger partial charge in [0.25, 0.3) is 0 Å². The Labute approximate surface area is 222 Å². The van der Waals surface area contributed by atoms with Crippen LogP contribution in [0, 0.1) is 11.8 Å². The molecule has 4 heteroatoms. The normalized spacial score (nSPS) is 23.8. The Hall–Kier alpha value is -3.27. The molecule has 0 saturated heterocycles. The van der Waals surface area contributed by atoms with Gasteiger partial charge in [-0.15, -0.1) is 0 Å². The maximum atomic E-state index is 12.5. The van der Waals surface area contributed by atoms with Crippen LogP contribution in [0.3, 0.4) is 0 Å². The summed E-state index contributed by atoms with van der Waals surface area (Å²) in [6.07, 6.45) is 9.42. The van der Waals surface area contributed by atoms with Crippen LogP contribution in [0.15, 0.2) is 78.9 Å². The Bertz CT molecular complexity index is 1130. The quantitative estimate of drug-likeness (QED) is 0.287. The first-order valence-electron chi connectivity index (χ1n) is 14.2. The summed E-state index contributed by atoms with van der Waals surface area (Å²) in [6.45, 7) is 2.05. The second-order valence-corrected chi connectivity index (χ2v) is 11.1. The van der Waals surface area contributed by atoms with Crippen molar-refractivity contribution in [2.75, 3.05) is 23.7 Å². The summed E-state index contributed by atoms with van der Waals surface area (Å²) >= 11 is 0. The monoisotopic (exact) mass is 495 g/mol. The van der Waals surface area contributed by atoms with E-state index in [-0.39, 0.29) is 5.91 Å². The minimum Gasteiger partial charge on any atom is -0.385 e. The van der Waals surface area contributed by atoms with Gasteiger partial charge in [0.15, 0.2) is 0 Å². The summed E-state index contributed by atoms with van der Waals surface area (Å²) in [5, 5.41) is 7.17. The molecule has 2 aliphatic carbocycles. The Balaban J connectivity index is 1.14. The molecule has 194 valence electrons. The summed E-state index contributed by atoms with van der Waals surface area (Å²) in [5.41, 5.74) is 11.5. The highest BCUT2D eigenvalue weighted by atomic mass is 16.1. The number of hydrogen-bond donors (Lipinski definition) is 3. The Kier molecular flexibility index (Phi) is 8.45. The zero-order chi connectivity index (χ0) is 25.5. The first-order chi connectivity index (χ1) is 18.2. The van der Waals surface area contributed by atoms with Crippen molar-refractivity contribution >= 4 is 17.3 Å². The molecular formula is C33H41N3O. The van der Waals surface area contributed by atoms with Crippen molar-refractivity contribution in [2.45, 2.75) is 63.2 Å². The molecule has 2 fully saturated rings. The van der Waals surface area contributed by atoms with Gasteiger partial charge in [-0.25, -0.2) is 0 Å². The van der Waals surface area contributed by atoms with Crippen LogP contribution in [0.5, 0.6) is 0 Å². The topological polar surface area (TPSA) is 67.2 Å². The van der Waals surface area contributed by atoms with E-state index in [0.29, 0.717) is 23.7 Å². The summed E-state index contributed by atoms with van der Waals surface area (Å²) in [6, 6.07) is 27.6. The number of nitrogens with two attached hydrogens (primary N) is 1. The molecular weight excluding hydrogens is 454 g/mol. The van der Waals surface area contributed by atoms with E-state index in [9.17, 15) is 4.79 Å². The van der Waals surface area contributed by atoms with Crippen molar-refractivity contribution in [2.24, 2.45) is 17.6 Å². The third kappa shape index (κ3) is 6.74. The molecule has 0 radical (unpaired) electrons. The molecule has 4 N–H and O–H groups in total. The van der Waals surface area contributed by atoms with E-state index >= 15 is 0 Å². The van der Waals surface area contributed by atoms with Gasteiger partial charge in [-0.3, -0.25) is 4.79 Å². The summed E-state index contributed by atoms with van der Waals surface area (Å²) in [5.74, 6) is 2.08. The predicted molar refractivity (Wildman–Crippen MR) is 154 cm³/mol. The van der Waals surface area contributed by atoms with Gasteiger partial charge in [-0.1, -0.05) is 48.5 Å². The molecule has 0 aliphatic heterocycles. The number of amides is 1. The number of anilines is 2. The molecule has 2 saturated carbocycles. The zero-order valence-corrected chi connectivity index (χ0v) is 21.9. The van der Waals surface area contributed by atoms with Gasteiger partial charge in [0.1, 0.15) is 0 Å². The molecule has 1 amide bonds. The maximum absolute atomic E-state index is 12.5. The van der Waals surface area contributed by atoms with Crippen molar-refractivity contribution in [3.05, 3.63) is 95.6 Å². The second kappa shape index (κ2) is 12.3. The fourth-order valence-corrected chi connectivity index (χ4v) is 6.41. The molecule has 0 heterocycles. The van der Waals surface area contributed by atoms with Crippen LogP contribution in [-0.2, 0) is 0 Å². The lowest BCUT2D eigenvalue weighted by molar-refractivity contribution is 0.0998.